The summed E-state index contributed by atoms with van der Waals surface area (Å²) < 4.78 is 0. The Balaban J connectivity index is 2.14. The van der Waals surface area contributed by atoms with Gasteiger partial charge in [-0.15, -0.1) is 0 Å². The standard InChI is InChI=1S/C20H13NO/c22-18-11-16-13-6-2-1-5-12(13)9-10-14(16)19-15-7-3-4-8-17(15)21-20(18)19/h1-11,21-22H. The van der Waals surface area contributed by atoms with Crippen molar-refractivity contribution in [2.24, 2.45) is 0 Å². The van der Waals surface area contributed by atoms with Gasteiger partial charge in [-0.1, -0.05) is 54.6 Å². The lowest BCUT2D eigenvalue weighted by molar-refractivity contribution is 0.481. The number of hydrogen-bond acceptors (Lipinski definition) is 1. The molecule has 0 atom stereocenters. The zero-order chi connectivity index (χ0) is 14.7. The Morgan fingerprint density at radius 1 is 0.682 bits per heavy atom. The van der Waals surface area contributed by atoms with Crippen molar-refractivity contribution >= 4 is 43.4 Å². The molecule has 0 saturated heterocycles. The summed E-state index contributed by atoms with van der Waals surface area (Å²) in [5, 5.41) is 17.4. The van der Waals surface area contributed by atoms with Crippen molar-refractivity contribution in [2.75, 3.05) is 0 Å². The number of para-hydroxylation sites is 1. The van der Waals surface area contributed by atoms with Crippen LogP contribution in [0.2, 0.25) is 0 Å². The molecule has 2 nitrogen and oxygen atoms in total. The van der Waals surface area contributed by atoms with Crippen LogP contribution < -0.4 is 0 Å². The molecule has 0 saturated carbocycles. The minimum absolute atomic E-state index is 0.301. The molecule has 0 unspecified atom stereocenters. The van der Waals surface area contributed by atoms with Gasteiger partial charge in [0, 0.05) is 16.3 Å². The SMILES string of the molecule is Oc1cc2c3ccccc3ccc2c2c1[nH]c1ccccc12. The predicted octanol–water partition coefficient (Wildman–Crippen LogP) is 5.33. The molecule has 5 aromatic rings. The summed E-state index contributed by atoms with van der Waals surface area (Å²) in [5.74, 6) is 0.301. The highest BCUT2D eigenvalue weighted by molar-refractivity contribution is 6.26. The maximum atomic E-state index is 10.5. The molecule has 0 spiro atoms. The third-order valence-corrected chi connectivity index (χ3v) is 4.48. The Hall–Kier alpha value is -3.00. The fourth-order valence-corrected chi connectivity index (χ4v) is 3.49. The minimum Gasteiger partial charge on any atom is -0.506 e. The van der Waals surface area contributed by atoms with Gasteiger partial charge in [0.2, 0.25) is 0 Å². The highest BCUT2D eigenvalue weighted by Crippen LogP contribution is 2.39. The fourth-order valence-electron chi connectivity index (χ4n) is 3.49. The van der Waals surface area contributed by atoms with E-state index < -0.39 is 0 Å². The molecule has 0 radical (unpaired) electrons. The molecule has 4 aromatic carbocycles. The number of fused-ring (bicyclic) bond motifs is 7. The first-order chi connectivity index (χ1) is 10.8. The smallest absolute Gasteiger partial charge is 0.140 e. The number of aromatic amines is 1. The van der Waals surface area contributed by atoms with Crippen LogP contribution in [0.25, 0.3) is 43.4 Å². The average Bonchev–Trinajstić information content (AvgIpc) is 2.95. The molecule has 0 amide bonds. The van der Waals surface area contributed by atoms with E-state index in [2.05, 4.69) is 35.3 Å². The number of hydrogen-bond donors (Lipinski definition) is 2. The van der Waals surface area contributed by atoms with Crippen LogP contribution >= 0.6 is 0 Å². The van der Waals surface area contributed by atoms with E-state index in [1.54, 1.807) is 0 Å². The fraction of sp³-hybridized carbons (Fsp3) is 0. The summed E-state index contributed by atoms with van der Waals surface area (Å²) in [4.78, 5) is 3.34. The first-order valence-corrected chi connectivity index (χ1v) is 7.37. The van der Waals surface area contributed by atoms with Gasteiger partial charge in [-0.25, -0.2) is 0 Å². The van der Waals surface area contributed by atoms with Crippen LogP contribution in [0.3, 0.4) is 0 Å². The van der Waals surface area contributed by atoms with Gasteiger partial charge >= 0.3 is 0 Å². The summed E-state index contributed by atoms with van der Waals surface area (Å²) in [7, 11) is 0. The first kappa shape index (κ1) is 11.6. The topological polar surface area (TPSA) is 36.0 Å². The summed E-state index contributed by atoms with van der Waals surface area (Å²) >= 11 is 0. The number of benzene rings is 4. The molecule has 0 aliphatic rings. The number of H-pyrrole nitrogens is 1. The molecule has 1 heterocycles. The number of nitrogens with one attached hydrogen (secondary N) is 1. The lowest BCUT2D eigenvalue weighted by Crippen LogP contribution is -1.80. The largest absolute Gasteiger partial charge is 0.506 e. The van der Waals surface area contributed by atoms with Crippen molar-refractivity contribution in [3.63, 3.8) is 0 Å². The quantitative estimate of drug-likeness (QED) is 0.370. The van der Waals surface area contributed by atoms with Gasteiger partial charge in [-0.3, -0.25) is 0 Å². The van der Waals surface area contributed by atoms with Gasteiger partial charge in [-0.2, -0.15) is 0 Å². The predicted molar refractivity (Wildman–Crippen MR) is 92.5 cm³/mol. The van der Waals surface area contributed by atoms with E-state index >= 15 is 0 Å². The highest BCUT2D eigenvalue weighted by atomic mass is 16.3. The number of phenolic OH excluding ortho intramolecular Hbond substituents is 1. The Bertz CT molecular complexity index is 1180. The van der Waals surface area contributed by atoms with Crippen molar-refractivity contribution in [3.8, 4) is 5.75 Å². The van der Waals surface area contributed by atoms with E-state index in [9.17, 15) is 5.11 Å². The summed E-state index contributed by atoms with van der Waals surface area (Å²) in [6, 6.07) is 22.6. The summed E-state index contributed by atoms with van der Waals surface area (Å²) in [6.07, 6.45) is 0. The van der Waals surface area contributed by atoms with Gasteiger partial charge in [0.1, 0.15) is 5.75 Å². The van der Waals surface area contributed by atoms with E-state index in [1.165, 1.54) is 16.2 Å². The zero-order valence-corrected chi connectivity index (χ0v) is 11.8. The molecule has 2 heteroatoms. The third kappa shape index (κ3) is 1.39. The second-order valence-electron chi connectivity index (χ2n) is 5.70. The van der Waals surface area contributed by atoms with Gasteiger partial charge in [0.25, 0.3) is 0 Å². The molecule has 104 valence electrons. The van der Waals surface area contributed by atoms with Gasteiger partial charge < -0.3 is 10.1 Å². The van der Waals surface area contributed by atoms with Crippen LogP contribution in [0.15, 0.2) is 66.7 Å². The second-order valence-corrected chi connectivity index (χ2v) is 5.70. The van der Waals surface area contributed by atoms with E-state index in [0.29, 0.717) is 5.75 Å². The summed E-state index contributed by atoms with van der Waals surface area (Å²) in [5.41, 5.74) is 1.86. The number of phenols is 1. The Labute approximate surface area is 126 Å². The lowest BCUT2D eigenvalue weighted by atomic mass is 9.98. The van der Waals surface area contributed by atoms with Crippen LogP contribution in [0.5, 0.6) is 5.75 Å². The normalized spacial score (nSPS) is 11.8. The third-order valence-electron chi connectivity index (χ3n) is 4.48. The maximum absolute atomic E-state index is 10.5. The monoisotopic (exact) mass is 283 g/mol. The average molecular weight is 283 g/mol. The van der Waals surface area contributed by atoms with Crippen molar-refractivity contribution in [1.82, 2.24) is 4.98 Å². The zero-order valence-electron chi connectivity index (χ0n) is 11.8. The molecular formula is C20H13NO. The van der Waals surface area contributed by atoms with Crippen molar-refractivity contribution in [3.05, 3.63) is 66.7 Å². The molecule has 0 bridgehead atoms. The molecule has 2 N–H and O–H groups in total. The minimum atomic E-state index is 0.301. The van der Waals surface area contributed by atoms with Gasteiger partial charge in [0.05, 0.1) is 5.52 Å². The molecule has 1 aromatic heterocycles. The van der Waals surface area contributed by atoms with E-state index in [1.807, 2.05) is 36.4 Å². The van der Waals surface area contributed by atoms with Crippen molar-refractivity contribution in [2.45, 2.75) is 0 Å². The number of aromatic hydroxyl groups is 1. The van der Waals surface area contributed by atoms with Crippen molar-refractivity contribution in [1.29, 1.82) is 0 Å². The van der Waals surface area contributed by atoms with Crippen LogP contribution in [0.1, 0.15) is 0 Å². The summed E-state index contributed by atoms with van der Waals surface area (Å²) in [6.45, 7) is 0. The lowest BCUT2D eigenvalue weighted by Gasteiger charge is -2.07. The molecule has 0 aliphatic carbocycles. The Kier molecular flexibility index (Phi) is 2.12. The van der Waals surface area contributed by atoms with Crippen molar-refractivity contribution < 1.29 is 5.11 Å². The maximum Gasteiger partial charge on any atom is 0.140 e. The van der Waals surface area contributed by atoms with Gasteiger partial charge in [-0.05, 0) is 33.7 Å². The van der Waals surface area contributed by atoms with Gasteiger partial charge in [0.15, 0.2) is 0 Å². The molecular weight excluding hydrogens is 270 g/mol. The molecule has 22 heavy (non-hydrogen) atoms. The van der Waals surface area contributed by atoms with Crippen LogP contribution in [-0.4, -0.2) is 10.1 Å². The molecule has 0 aliphatic heterocycles. The molecule has 5 rings (SSSR count). The van der Waals surface area contributed by atoms with Crippen LogP contribution in [-0.2, 0) is 0 Å². The van der Waals surface area contributed by atoms with E-state index in [4.69, 9.17) is 0 Å². The highest BCUT2D eigenvalue weighted by Gasteiger charge is 2.13. The number of aromatic nitrogens is 1. The molecule has 0 fully saturated rings. The Morgan fingerprint density at radius 3 is 2.36 bits per heavy atom. The Morgan fingerprint density at radius 2 is 1.45 bits per heavy atom. The second kappa shape index (κ2) is 4.01. The van der Waals surface area contributed by atoms with E-state index in [-0.39, 0.29) is 0 Å². The van der Waals surface area contributed by atoms with E-state index in [0.717, 1.165) is 27.2 Å². The number of rotatable bonds is 0. The van der Waals surface area contributed by atoms with Crippen LogP contribution in [0, 0.1) is 0 Å². The first-order valence-electron chi connectivity index (χ1n) is 7.37. The van der Waals surface area contributed by atoms with Crippen LogP contribution in [0.4, 0.5) is 0 Å².